The fourth-order valence-corrected chi connectivity index (χ4v) is 3.63. The molecule has 0 aromatic heterocycles. The quantitative estimate of drug-likeness (QED) is 0.931. The number of halogens is 1. The van der Waals surface area contributed by atoms with Crippen molar-refractivity contribution in [3.8, 4) is 5.75 Å². The highest BCUT2D eigenvalue weighted by atomic mass is 79.9. The van der Waals surface area contributed by atoms with Gasteiger partial charge in [-0.2, -0.15) is 0 Å². The van der Waals surface area contributed by atoms with Gasteiger partial charge < -0.3 is 10.1 Å². The SMILES string of the molecule is COc1cc(NC2CCS(=O)CC2)ccc1Br. The number of hydrogen-bond acceptors (Lipinski definition) is 3. The van der Waals surface area contributed by atoms with E-state index in [-0.39, 0.29) is 0 Å². The summed E-state index contributed by atoms with van der Waals surface area (Å²) in [7, 11) is 1.06. The number of benzene rings is 1. The van der Waals surface area contributed by atoms with E-state index in [0.29, 0.717) is 6.04 Å². The van der Waals surface area contributed by atoms with Crippen LogP contribution in [0.4, 0.5) is 5.69 Å². The van der Waals surface area contributed by atoms with Crippen molar-refractivity contribution in [1.82, 2.24) is 0 Å². The Morgan fingerprint density at radius 2 is 2.12 bits per heavy atom. The van der Waals surface area contributed by atoms with Gasteiger partial charge in [-0.1, -0.05) is 0 Å². The van der Waals surface area contributed by atoms with Crippen LogP contribution < -0.4 is 10.1 Å². The number of methoxy groups -OCH3 is 1. The normalized spacial score (nSPS) is 24.4. The minimum absolute atomic E-state index is 0.429. The minimum atomic E-state index is -0.601. The Morgan fingerprint density at radius 1 is 1.41 bits per heavy atom. The molecule has 0 radical (unpaired) electrons. The predicted molar refractivity (Wildman–Crippen MR) is 75.2 cm³/mol. The molecule has 0 unspecified atom stereocenters. The van der Waals surface area contributed by atoms with Crippen LogP contribution in [0.3, 0.4) is 0 Å². The van der Waals surface area contributed by atoms with E-state index in [2.05, 4.69) is 21.2 Å². The molecule has 0 spiro atoms. The van der Waals surface area contributed by atoms with Gasteiger partial charge in [-0.25, -0.2) is 0 Å². The van der Waals surface area contributed by atoms with E-state index in [4.69, 9.17) is 4.74 Å². The first-order valence-corrected chi connectivity index (χ1v) is 7.92. The second-order valence-corrected chi connectivity index (χ2v) is 6.67. The van der Waals surface area contributed by atoms with Crippen molar-refractivity contribution in [3.63, 3.8) is 0 Å². The lowest BCUT2D eigenvalue weighted by Crippen LogP contribution is -2.29. The van der Waals surface area contributed by atoms with E-state index in [0.717, 1.165) is 40.3 Å². The zero-order chi connectivity index (χ0) is 12.3. The summed E-state index contributed by atoms with van der Waals surface area (Å²) in [6.45, 7) is 0. The monoisotopic (exact) mass is 317 g/mol. The highest BCUT2D eigenvalue weighted by Crippen LogP contribution is 2.28. The van der Waals surface area contributed by atoms with Crippen molar-refractivity contribution >= 4 is 32.4 Å². The van der Waals surface area contributed by atoms with Crippen LogP contribution >= 0.6 is 15.9 Å². The number of rotatable bonds is 3. The molecule has 1 aliphatic rings. The van der Waals surface area contributed by atoms with Gasteiger partial charge in [0.05, 0.1) is 11.6 Å². The highest BCUT2D eigenvalue weighted by molar-refractivity contribution is 9.10. The fourth-order valence-electron chi connectivity index (χ4n) is 1.92. The summed E-state index contributed by atoms with van der Waals surface area (Å²) in [5, 5.41) is 3.47. The van der Waals surface area contributed by atoms with E-state index >= 15 is 0 Å². The first-order chi connectivity index (χ1) is 8.19. The van der Waals surface area contributed by atoms with Crippen LogP contribution in [0.1, 0.15) is 12.8 Å². The molecule has 0 atom stereocenters. The Kier molecular flexibility index (Phi) is 4.45. The Morgan fingerprint density at radius 3 is 2.76 bits per heavy atom. The number of nitrogens with one attached hydrogen (secondary N) is 1. The average Bonchev–Trinajstić information content (AvgIpc) is 2.34. The fraction of sp³-hybridized carbons (Fsp3) is 0.500. The minimum Gasteiger partial charge on any atom is -0.495 e. The van der Waals surface area contributed by atoms with Crippen LogP contribution in [0.15, 0.2) is 22.7 Å². The third-order valence-corrected chi connectivity index (χ3v) is 4.95. The number of ether oxygens (including phenoxy) is 1. The zero-order valence-electron chi connectivity index (χ0n) is 9.74. The Labute approximate surface area is 113 Å². The molecule has 0 bridgehead atoms. The summed E-state index contributed by atoms with van der Waals surface area (Å²) in [5.74, 6) is 2.45. The van der Waals surface area contributed by atoms with Gasteiger partial charge in [0.25, 0.3) is 0 Å². The van der Waals surface area contributed by atoms with Crippen LogP contribution in [-0.2, 0) is 10.8 Å². The van der Waals surface area contributed by atoms with Gasteiger partial charge in [-0.05, 0) is 40.9 Å². The maximum atomic E-state index is 11.3. The lowest BCUT2D eigenvalue weighted by atomic mass is 10.1. The molecular formula is C12H16BrNO2S. The molecule has 1 heterocycles. The molecule has 5 heteroatoms. The molecule has 0 aliphatic carbocycles. The van der Waals surface area contributed by atoms with Gasteiger partial charge in [-0.3, -0.25) is 4.21 Å². The van der Waals surface area contributed by atoms with Crippen LogP contribution in [0, 0.1) is 0 Å². The maximum Gasteiger partial charge on any atom is 0.135 e. The van der Waals surface area contributed by atoms with Gasteiger partial charge in [0.2, 0.25) is 0 Å². The van der Waals surface area contributed by atoms with E-state index in [1.165, 1.54) is 0 Å². The first kappa shape index (κ1) is 12.9. The van der Waals surface area contributed by atoms with E-state index < -0.39 is 10.8 Å². The van der Waals surface area contributed by atoms with Gasteiger partial charge in [0, 0.05) is 40.1 Å². The molecule has 3 nitrogen and oxygen atoms in total. The second kappa shape index (κ2) is 5.87. The summed E-state index contributed by atoms with van der Waals surface area (Å²) in [6, 6.07) is 6.41. The zero-order valence-corrected chi connectivity index (χ0v) is 12.1. The molecule has 1 fully saturated rings. The summed E-state index contributed by atoms with van der Waals surface area (Å²) in [5.41, 5.74) is 1.06. The molecule has 1 saturated heterocycles. The topological polar surface area (TPSA) is 38.3 Å². The van der Waals surface area contributed by atoms with Crippen molar-refractivity contribution in [2.24, 2.45) is 0 Å². The molecule has 1 N–H and O–H groups in total. The van der Waals surface area contributed by atoms with Gasteiger partial charge in [0.15, 0.2) is 0 Å². The molecule has 2 rings (SSSR count). The molecular weight excluding hydrogens is 302 g/mol. The van der Waals surface area contributed by atoms with E-state index in [1.54, 1.807) is 7.11 Å². The molecule has 17 heavy (non-hydrogen) atoms. The van der Waals surface area contributed by atoms with Gasteiger partial charge in [-0.15, -0.1) is 0 Å². The maximum absolute atomic E-state index is 11.3. The Hall–Kier alpha value is -0.550. The van der Waals surface area contributed by atoms with Crippen molar-refractivity contribution < 1.29 is 8.95 Å². The number of hydrogen-bond donors (Lipinski definition) is 1. The van der Waals surface area contributed by atoms with Gasteiger partial charge >= 0.3 is 0 Å². The highest BCUT2D eigenvalue weighted by Gasteiger charge is 2.17. The van der Waals surface area contributed by atoms with E-state index in [1.807, 2.05) is 18.2 Å². The van der Waals surface area contributed by atoms with Crippen LogP contribution in [0.5, 0.6) is 5.75 Å². The molecule has 1 aliphatic heterocycles. The predicted octanol–water partition coefficient (Wildman–Crippen LogP) is 2.78. The van der Waals surface area contributed by atoms with Crippen LogP contribution in [-0.4, -0.2) is 28.9 Å². The van der Waals surface area contributed by atoms with Crippen molar-refractivity contribution in [2.45, 2.75) is 18.9 Å². The lowest BCUT2D eigenvalue weighted by molar-refractivity contribution is 0.412. The Balaban J connectivity index is 2.01. The van der Waals surface area contributed by atoms with Crippen LogP contribution in [0.25, 0.3) is 0 Å². The number of anilines is 1. The average molecular weight is 318 g/mol. The third-order valence-electron chi connectivity index (χ3n) is 2.91. The lowest BCUT2D eigenvalue weighted by Gasteiger charge is -2.23. The molecule has 1 aromatic carbocycles. The van der Waals surface area contributed by atoms with Crippen molar-refractivity contribution in [3.05, 3.63) is 22.7 Å². The van der Waals surface area contributed by atoms with Crippen LogP contribution in [0.2, 0.25) is 0 Å². The largest absolute Gasteiger partial charge is 0.495 e. The second-order valence-electron chi connectivity index (χ2n) is 4.12. The molecule has 1 aromatic rings. The molecule has 0 amide bonds. The van der Waals surface area contributed by atoms with Crippen molar-refractivity contribution in [1.29, 1.82) is 0 Å². The summed E-state index contributed by atoms with van der Waals surface area (Å²) in [4.78, 5) is 0. The van der Waals surface area contributed by atoms with E-state index in [9.17, 15) is 4.21 Å². The first-order valence-electron chi connectivity index (χ1n) is 5.64. The third kappa shape index (κ3) is 3.45. The summed E-state index contributed by atoms with van der Waals surface area (Å²) >= 11 is 3.43. The summed E-state index contributed by atoms with van der Waals surface area (Å²) < 4.78 is 17.5. The van der Waals surface area contributed by atoms with Crippen molar-refractivity contribution in [2.75, 3.05) is 23.9 Å². The summed E-state index contributed by atoms with van der Waals surface area (Å²) in [6.07, 6.45) is 1.95. The standard InChI is InChI=1S/C12H16BrNO2S/c1-16-12-8-10(2-3-11(12)13)14-9-4-6-17(15)7-5-9/h2-3,8-9,14H,4-7H2,1H3. The smallest absolute Gasteiger partial charge is 0.135 e. The van der Waals surface area contributed by atoms with Gasteiger partial charge in [0.1, 0.15) is 5.75 Å². The molecule has 94 valence electrons. The molecule has 0 saturated carbocycles. The Bertz CT molecular complexity index is 415.